The van der Waals surface area contributed by atoms with Crippen molar-refractivity contribution in [2.75, 3.05) is 13.1 Å². The fourth-order valence-electron chi connectivity index (χ4n) is 2.54. The topological polar surface area (TPSA) is 84.9 Å². The molecule has 0 aromatic heterocycles. The van der Waals surface area contributed by atoms with E-state index in [0.29, 0.717) is 0 Å². The highest BCUT2D eigenvalue weighted by molar-refractivity contribution is 5.72. The molecule has 0 bridgehead atoms. The van der Waals surface area contributed by atoms with Crippen LogP contribution in [0.15, 0.2) is 30.3 Å². The van der Waals surface area contributed by atoms with E-state index in [4.69, 9.17) is 9.47 Å². The van der Waals surface area contributed by atoms with Gasteiger partial charge < -0.3 is 24.5 Å². The maximum Gasteiger partial charge on any atom is 0.410 e. The molecule has 1 aliphatic rings. The van der Waals surface area contributed by atoms with Crippen molar-refractivity contribution in [3.63, 3.8) is 0 Å². The molecule has 1 N–H and O–H groups in total. The third kappa shape index (κ3) is 5.77. The number of amides is 2. The molecule has 1 unspecified atom stereocenters. The van der Waals surface area contributed by atoms with Crippen molar-refractivity contribution in [3.05, 3.63) is 35.9 Å². The number of carbonyl (C=O) groups is 3. The third-order valence-electron chi connectivity index (χ3n) is 3.71. The fraction of sp³-hybridized carbons (Fsp3) is 0.500. The van der Waals surface area contributed by atoms with Gasteiger partial charge in [-0.1, -0.05) is 30.3 Å². The zero-order valence-electron chi connectivity index (χ0n) is 14.7. The lowest BCUT2D eigenvalue weighted by atomic mass is 10.1. The van der Waals surface area contributed by atoms with Gasteiger partial charge >= 0.3 is 12.2 Å². The lowest BCUT2D eigenvalue weighted by Gasteiger charge is -2.22. The first-order valence-electron chi connectivity index (χ1n) is 8.19. The van der Waals surface area contributed by atoms with Crippen molar-refractivity contribution in [3.8, 4) is 0 Å². The Balaban J connectivity index is 1.88. The van der Waals surface area contributed by atoms with E-state index >= 15 is 0 Å². The zero-order chi connectivity index (χ0) is 18.4. The van der Waals surface area contributed by atoms with Crippen LogP contribution in [0.3, 0.4) is 0 Å². The second-order valence-corrected chi connectivity index (χ2v) is 7.00. The highest BCUT2D eigenvalue weighted by atomic mass is 16.6. The van der Waals surface area contributed by atoms with Crippen LogP contribution >= 0.6 is 0 Å². The maximum atomic E-state index is 12.2. The van der Waals surface area contributed by atoms with Gasteiger partial charge in [0, 0.05) is 13.1 Å². The highest BCUT2D eigenvalue weighted by Crippen LogP contribution is 2.18. The molecule has 2 atom stereocenters. The molecule has 0 aliphatic carbocycles. The van der Waals surface area contributed by atoms with Crippen LogP contribution in [0.1, 0.15) is 26.3 Å². The summed E-state index contributed by atoms with van der Waals surface area (Å²) in [5, 5.41) is 2.65. The van der Waals surface area contributed by atoms with E-state index < -0.39 is 29.7 Å². The molecule has 25 heavy (non-hydrogen) atoms. The molecular formula is C18H24N2O5. The summed E-state index contributed by atoms with van der Waals surface area (Å²) in [5.74, 6) is -0.489. The number of hydrogen-bond acceptors (Lipinski definition) is 5. The Morgan fingerprint density at radius 2 is 1.92 bits per heavy atom. The van der Waals surface area contributed by atoms with Gasteiger partial charge in [-0.25, -0.2) is 9.59 Å². The zero-order valence-corrected chi connectivity index (χ0v) is 14.7. The van der Waals surface area contributed by atoms with E-state index in [2.05, 4.69) is 5.32 Å². The number of rotatable bonds is 4. The summed E-state index contributed by atoms with van der Waals surface area (Å²) in [6.07, 6.45) is -0.375. The van der Waals surface area contributed by atoms with Gasteiger partial charge in [0.1, 0.15) is 18.5 Å². The third-order valence-corrected chi connectivity index (χ3v) is 3.71. The first-order valence-corrected chi connectivity index (χ1v) is 8.19. The largest absolute Gasteiger partial charge is 0.445 e. The summed E-state index contributed by atoms with van der Waals surface area (Å²) < 4.78 is 10.5. The number of alkyl carbamates (subject to hydrolysis) is 1. The van der Waals surface area contributed by atoms with Gasteiger partial charge in [-0.15, -0.1) is 0 Å². The van der Waals surface area contributed by atoms with Crippen LogP contribution in [0.5, 0.6) is 0 Å². The number of carbonyl (C=O) groups excluding carboxylic acids is 3. The molecule has 136 valence electrons. The molecule has 0 saturated carbocycles. The Hall–Kier alpha value is -2.57. The quantitative estimate of drug-likeness (QED) is 0.844. The summed E-state index contributed by atoms with van der Waals surface area (Å²) in [4.78, 5) is 36.7. The van der Waals surface area contributed by atoms with Gasteiger partial charge in [0.25, 0.3) is 0 Å². The van der Waals surface area contributed by atoms with Crippen LogP contribution < -0.4 is 5.32 Å². The molecular weight excluding hydrogens is 324 g/mol. The van der Waals surface area contributed by atoms with Crippen LogP contribution in [0, 0.1) is 5.92 Å². The maximum absolute atomic E-state index is 12.2. The monoisotopic (exact) mass is 348 g/mol. The Bertz CT molecular complexity index is 612. The van der Waals surface area contributed by atoms with E-state index in [9.17, 15) is 14.4 Å². The highest BCUT2D eigenvalue weighted by Gasteiger charge is 2.37. The first kappa shape index (κ1) is 18.8. The summed E-state index contributed by atoms with van der Waals surface area (Å²) in [7, 11) is 0. The standard InChI is InChI=1S/C18H24N2O5/c1-18(2,3)25-16(22)19-15-10-20(9-14(15)11-21)17(23)24-12-13-7-5-4-6-8-13/h4-8,11,14-15H,9-10,12H2,1-3H3,(H,19,22)/t14?,15-/m1/s1. The number of ether oxygens (including phenoxy) is 2. The Kier molecular flexibility index (Phi) is 6.01. The molecule has 2 rings (SSSR count). The second-order valence-electron chi connectivity index (χ2n) is 7.00. The van der Waals surface area contributed by atoms with E-state index in [-0.39, 0.29) is 19.7 Å². The SMILES string of the molecule is CC(C)(C)OC(=O)N[C@@H]1CN(C(=O)OCc2ccccc2)CC1C=O. The van der Waals surface area contributed by atoms with Gasteiger partial charge in [-0.2, -0.15) is 0 Å². The number of hydrogen-bond donors (Lipinski definition) is 1. The van der Waals surface area contributed by atoms with E-state index in [1.54, 1.807) is 20.8 Å². The number of nitrogens with one attached hydrogen (secondary N) is 1. The molecule has 0 radical (unpaired) electrons. The van der Waals surface area contributed by atoms with Crippen LogP contribution in [0.25, 0.3) is 0 Å². The number of aldehydes is 1. The molecule has 0 spiro atoms. The molecule has 1 fully saturated rings. The van der Waals surface area contributed by atoms with Crippen LogP contribution in [-0.4, -0.2) is 48.1 Å². The van der Waals surface area contributed by atoms with Gasteiger partial charge in [0.2, 0.25) is 0 Å². The molecule has 1 aliphatic heterocycles. The van der Waals surface area contributed by atoms with Gasteiger partial charge in [-0.3, -0.25) is 0 Å². The molecule has 1 saturated heterocycles. The Morgan fingerprint density at radius 1 is 1.24 bits per heavy atom. The fourth-order valence-corrected chi connectivity index (χ4v) is 2.54. The minimum Gasteiger partial charge on any atom is -0.445 e. The minimum atomic E-state index is -0.631. The Morgan fingerprint density at radius 3 is 2.52 bits per heavy atom. The van der Waals surface area contributed by atoms with E-state index in [0.717, 1.165) is 11.8 Å². The average molecular weight is 348 g/mol. The van der Waals surface area contributed by atoms with Crippen molar-refractivity contribution in [2.24, 2.45) is 5.92 Å². The molecule has 1 heterocycles. The average Bonchev–Trinajstić information content (AvgIpc) is 2.94. The second kappa shape index (κ2) is 8.00. The van der Waals surface area contributed by atoms with Crippen molar-refractivity contribution >= 4 is 18.5 Å². The lowest BCUT2D eigenvalue weighted by Crippen LogP contribution is -2.44. The summed E-state index contributed by atoms with van der Waals surface area (Å²) in [5.41, 5.74) is 0.249. The van der Waals surface area contributed by atoms with Crippen molar-refractivity contribution in [2.45, 2.75) is 39.0 Å². The summed E-state index contributed by atoms with van der Waals surface area (Å²) >= 11 is 0. The van der Waals surface area contributed by atoms with Crippen molar-refractivity contribution in [1.82, 2.24) is 10.2 Å². The lowest BCUT2D eigenvalue weighted by molar-refractivity contribution is -0.111. The summed E-state index contributed by atoms with van der Waals surface area (Å²) in [6, 6.07) is 8.84. The van der Waals surface area contributed by atoms with E-state index in [1.807, 2.05) is 30.3 Å². The van der Waals surface area contributed by atoms with Crippen molar-refractivity contribution < 1.29 is 23.9 Å². The molecule has 1 aromatic rings. The predicted octanol–water partition coefficient (Wildman–Crippen LogP) is 2.35. The van der Waals surface area contributed by atoms with Crippen LogP contribution in [0.4, 0.5) is 9.59 Å². The van der Waals surface area contributed by atoms with Gasteiger partial charge in [0.15, 0.2) is 0 Å². The number of likely N-dealkylation sites (tertiary alicyclic amines) is 1. The predicted molar refractivity (Wildman–Crippen MR) is 90.9 cm³/mol. The summed E-state index contributed by atoms with van der Waals surface area (Å²) in [6.45, 7) is 5.84. The van der Waals surface area contributed by atoms with E-state index in [1.165, 1.54) is 4.90 Å². The first-order chi connectivity index (χ1) is 11.8. The smallest absolute Gasteiger partial charge is 0.410 e. The normalized spacial score (nSPS) is 20.0. The number of benzene rings is 1. The minimum absolute atomic E-state index is 0.159. The molecule has 7 nitrogen and oxygen atoms in total. The van der Waals surface area contributed by atoms with Crippen LogP contribution in [0.2, 0.25) is 0 Å². The molecule has 7 heteroatoms. The molecule has 2 amide bonds. The van der Waals surface area contributed by atoms with Crippen LogP contribution in [-0.2, 0) is 20.9 Å². The van der Waals surface area contributed by atoms with Gasteiger partial charge in [-0.05, 0) is 26.3 Å². The number of nitrogens with zero attached hydrogens (tertiary/aromatic N) is 1. The van der Waals surface area contributed by atoms with Gasteiger partial charge in [0.05, 0.1) is 12.0 Å². The molecule has 1 aromatic carbocycles. The Labute approximate surface area is 147 Å². The van der Waals surface area contributed by atoms with Crippen molar-refractivity contribution in [1.29, 1.82) is 0 Å².